The molecule has 3 N–H and O–H groups in total. The average molecular weight is 527 g/mol. The molecule has 0 bridgehead atoms. The van der Waals surface area contributed by atoms with E-state index < -0.39 is 23.3 Å². The van der Waals surface area contributed by atoms with E-state index >= 15 is 0 Å². The molecule has 2 saturated carbocycles. The largest absolute Gasteiger partial charge is 0.481 e. The van der Waals surface area contributed by atoms with E-state index in [1.165, 1.54) is 6.42 Å². The third-order valence-corrected chi connectivity index (χ3v) is 8.63. The van der Waals surface area contributed by atoms with Crippen LogP contribution in [-0.2, 0) is 23.9 Å². The fourth-order valence-corrected chi connectivity index (χ4v) is 6.30. The van der Waals surface area contributed by atoms with Crippen molar-refractivity contribution in [2.24, 2.45) is 46.8 Å². The Morgan fingerprint density at radius 1 is 0.784 bits per heavy atom. The zero-order chi connectivity index (χ0) is 28.5. The highest BCUT2D eigenvalue weighted by molar-refractivity contribution is 5.81. The Morgan fingerprint density at radius 3 is 1.76 bits per heavy atom. The Morgan fingerprint density at radius 2 is 1.30 bits per heavy atom. The summed E-state index contributed by atoms with van der Waals surface area (Å²) in [6.45, 7) is 14.4. The molecule has 37 heavy (non-hydrogen) atoms. The number of aliphatic carboxylic acids is 3. The molecular weight excluding hydrogens is 476 g/mol. The normalized spacial score (nSPS) is 29.5. The molecule has 7 atom stereocenters. The monoisotopic (exact) mass is 526 g/mol. The topological polar surface area (TPSA) is 138 Å². The number of carboxylic acids is 3. The van der Waals surface area contributed by atoms with E-state index in [0.29, 0.717) is 35.5 Å². The SMILES string of the molecule is CC1CCC(C(C)C)C(C(C)(CC(=O)O)C(=O)O)C1.CC1CCC(C(C)C)C(OC(=O)CCC(=O)O)C1. The van der Waals surface area contributed by atoms with Crippen molar-refractivity contribution in [1.29, 1.82) is 0 Å². The van der Waals surface area contributed by atoms with Crippen molar-refractivity contribution in [2.75, 3.05) is 0 Å². The van der Waals surface area contributed by atoms with Gasteiger partial charge in [-0.05, 0) is 74.0 Å². The van der Waals surface area contributed by atoms with Crippen LogP contribution in [0.15, 0.2) is 0 Å². The third kappa shape index (κ3) is 10.3. The predicted molar refractivity (Wildman–Crippen MR) is 141 cm³/mol. The first-order chi connectivity index (χ1) is 17.1. The molecule has 0 aromatic carbocycles. The van der Waals surface area contributed by atoms with Crippen LogP contribution in [0, 0.1) is 46.8 Å². The highest BCUT2D eigenvalue weighted by atomic mass is 16.5. The van der Waals surface area contributed by atoms with Crippen LogP contribution in [0.25, 0.3) is 0 Å². The van der Waals surface area contributed by atoms with Crippen LogP contribution < -0.4 is 0 Å². The summed E-state index contributed by atoms with van der Waals surface area (Å²) in [5.41, 5.74) is -1.16. The first-order valence-corrected chi connectivity index (χ1v) is 13.9. The second-order valence-electron chi connectivity index (χ2n) is 12.5. The van der Waals surface area contributed by atoms with E-state index in [2.05, 4.69) is 41.5 Å². The predicted octanol–water partition coefficient (Wildman–Crippen LogP) is 6.12. The lowest BCUT2D eigenvalue weighted by molar-refractivity contribution is -0.162. The number of esters is 1. The summed E-state index contributed by atoms with van der Waals surface area (Å²) in [6.07, 6.45) is 5.63. The van der Waals surface area contributed by atoms with E-state index in [1.807, 2.05) is 0 Å². The van der Waals surface area contributed by atoms with Crippen molar-refractivity contribution in [1.82, 2.24) is 0 Å². The van der Waals surface area contributed by atoms with E-state index in [9.17, 15) is 24.3 Å². The maximum Gasteiger partial charge on any atom is 0.310 e. The number of hydrogen-bond donors (Lipinski definition) is 3. The van der Waals surface area contributed by atoms with Crippen LogP contribution >= 0.6 is 0 Å². The van der Waals surface area contributed by atoms with Gasteiger partial charge in [0.2, 0.25) is 0 Å². The van der Waals surface area contributed by atoms with Crippen molar-refractivity contribution in [3.8, 4) is 0 Å². The van der Waals surface area contributed by atoms with Gasteiger partial charge in [0.15, 0.2) is 0 Å². The van der Waals surface area contributed by atoms with Crippen LogP contribution in [0.1, 0.15) is 106 Å². The molecular formula is C29H50O8. The van der Waals surface area contributed by atoms with E-state index in [-0.39, 0.29) is 37.3 Å². The summed E-state index contributed by atoms with van der Waals surface area (Å²) < 4.78 is 5.48. The van der Waals surface area contributed by atoms with Crippen LogP contribution in [0.4, 0.5) is 0 Å². The molecule has 2 aliphatic rings. The van der Waals surface area contributed by atoms with Crippen molar-refractivity contribution >= 4 is 23.9 Å². The molecule has 2 fully saturated rings. The fourth-order valence-electron chi connectivity index (χ4n) is 6.30. The molecule has 0 aliphatic heterocycles. The van der Waals surface area contributed by atoms with Gasteiger partial charge in [0, 0.05) is 0 Å². The maximum absolute atomic E-state index is 11.7. The van der Waals surface area contributed by atoms with Crippen LogP contribution in [0.3, 0.4) is 0 Å². The highest BCUT2D eigenvalue weighted by Gasteiger charge is 2.49. The van der Waals surface area contributed by atoms with Crippen molar-refractivity contribution in [3.63, 3.8) is 0 Å². The molecule has 0 aromatic heterocycles. The standard InChI is InChI=1S/C15H26O4.C14H24O4/c1-9(2)11-6-5-10(3)7-12(11)15(4,14(18)19)8-13(16)17;1-9(2)11-5-4-10(3)8-12(11)18-14(17)7-6-13(15)16/h9-12H,5-8H2,1-4H3,(H,16,17)(H,18,19);9-12H,4-8H2,1-3H3,(H,15,16). The molecule has 0 heterocycles. The first-order valence-electron chi connectivity index (χ1n) is 13.9. The van der Waals surface area contributed by atoms with Gasteiger partial charge in [0.25, 0.3) is 0 Å². The number of carboxylic acid groups (broad SMARTS) is 3. The Bertz CT molecular complexity index is 776. The van der Waals surface area contributed by atoms with Crippen LogP contribution in [0.5, 0.6) is 0 Å². The van der Waals surface area contributed by atoms with Crippen molar-refractivity contribution in [2.45, 2.75) is 112 Å². The highest BCUT2D eigenvalue weighted by Crippen LogP contribution is 2.48. The number of ether oxygens (including phenoxy) is 1. The molecule has 214 valence electrons. The second kappa shape index (κ2) is 14.7. The third-order valence-electron chi connectivity index (χ3n) is 8.63. The Kier molecular flexibility index (Phi) is 13.1. The minimum absolute atomic E-state index is 0.0228. The van der Waals surface area contributed by atoms with Crippen LogP contribution in [0.2, 0.25) is 0 Å². The maximum atomic E-state index is 11.7. The molecule has 7 unspecified atom stereocenters. The minimum Gasteiger partial charge on any atom is -0.481 e. The molecule has 0 radical (unpaired) electrons. The summed E-state index contributed by atoms with van der Waals surface area (Å²) >= 11 is 0. The van der Waals surface area contributed by atoms with Gasteiger partial charge in [-0.1, -0.05) is 54.4 Å². The minimum atomic E-state index is -1.16. The van der Waals surface area contributed by atoms with Gasteiger partial charge < -0.3 is 20.1 Å². The van der Waals surface area contributed by atoms with Gasteiger partial charge in [-0.3, -0.25) is 19.2 Å². The van der Waals surface area contributed by atoms with E-state index in [4.69, 9.17) is 14.9 Å². The second-order valence-corrected chi connectivity index (χ2v) is 12.5. The van der Waals surface area contributed by atoms with E-state index in [1.54, 1.807) is 6.92 Å². The quantitative estimate of drug-likeness (QED) is 0.290. The lowest BCUT2D eigenvalue weighted by atomic mass is 9.59. The van der Waals surface area contributed by atoms with Gasteiger partial charge in [-0.25, -0.2) is 0 Å². The molecule has 8 heteroatoms. The Labute approximate surface area is 222 Å². The number of carbonyl (C=O) groups is 4. The smallest absolute Gasteiger partial charge is 0.310 e. The van der Waals surface area contributed by atoms with Crippen molar-refractivity contribution in [3.05, 3.63) is 0 Å². The molecule has 2 rings (SSSR count). The fraction of sp³-hybridized carbons (Fsp3) is 0.862. The summed E-state index contributed by atoms with van der Waals surface area (Å²) in [6, 6.07) is 0. The van der Waals surface area contributed by atoms with E-state index in [0.717, 1.165) is 32.1 Å². The molecule has 0 saturated heterocycles. The number of carbonyl (C=O) groups excluding carboxylic acids is 1. The lowest BCUT2D eigenvalue weighted by Gasteiger charge is -2.45. The Hall–Kier alpha value is -2.12. The summed E-state index contributed by atoms with van der Waals surface area (Å²) in [7, 11) is 0. The van der Waals surface area contributed by atoms with Gasteiger partial charge in [0.05, 0.1) is 24.7 Å². The Balaban J connectivity index is 0.000000371. The van der Waals surface area contributed by atoms with Gasteiger partial charge in [-0.2, -0.15) is 0 Å². The van der Waals surface area contributed by atoms with Crippen LogP contribution in [-0.4, -0.2) is 45.3 Å². The zero-order valence-corrected chi connectivity index (χ0v) is 23.9. The van der Waals surface area contributed by atoms with Gasteiger partial charge in [-0.15, -0.1) is 0 Å². The van der Waals surface area contributed by atoms with Crippen molar-refractivity contribution < 1.29 is 39.2 Å². The molecule has 0 amide bonds. The lowest BCUT2D eigenvalue weighted by Crippen LogP contribution is -2.45. The first kappa shape index (κ1) is 32.9. The van der Waals surface area contributed by atoms with Gasteiger partial charge >= 0.3 is 23.9 Å². The summed E-state index contributed by atoms with van der Waals surface area (Å²) in [5.74, 6) is -0.710. The average Bonchev–Trinajstić information content (AvgIpc) is 2.77. The molecule has 2 aliphatic carbocycles. The van der Waals surface area contributed by atoms with Gasteiger partial charge in [0.1, 0.15) is 6.10 Å². The molecule has 0 aromatic rings. The summed E-state index contributed by atoms with van der Waals surface area (Å²) in [5, 5.41) is 27.2. The number of hydrogen-bond acceptors (Lipinski definition) is 5. The number of rotatable bonds is 10. The molecule has 0 spiro atoms. The summed E-state index contributed by atoms with van der Waals surface area (Å²) in [4.78, 5) is 44.7. The zero-order valence-electron chi connectivity index (χ0n) is 23.9. The molecule has 8 nitrogen and oxygen atoms in total.